The predicted octanol–water partition coefficient (Wildman–Crippen LogP) is 3.80. The molecule has 0 bridgehead atoms. The van der Waals surface area contributed by atoms with Crippen molar-refractivity contribution in [2.75, 3.05) is 20.8 Å². The van der Waals surface area contributed by atoms with Gasteiger partial charge in [-0.05, 0) is 18.6 Å². The van der Waals surface area contributed by atoms with Gasteiger partial charge in [-0.15, -0.1) is 0 Å². The van der Waals surface area contributed by atoms with Gasteiger partial charge in [0.2, 0.25) is 17.2 Å². The number of carbonyl (C=O) groups is 2. The van der Waals surface area contributed by atoms with Crippen molar-refractivity contribution in [2.24, 2.45) is 5.92 Å². The van der Waals surface area contributed by atoms with Crippen molar-refractivity contribution in [3.05, 3.63) is 59.0 Å². The molecular formula is C25H24ClN3O5. The highest BCUT2D eigenvalue weighted by atomic mass is 35.5. The second-order valence-electron chi connectivity index (χ2n) is 8.46. The number of halogens is 1. The summed E-state index contributed by atoms with van der Waals surface area (Å²) >= 11 is 6.43. The number of ketones is 2. The van der Waals surface area contributed by atoms with E-state index >= 15 is 0 Å². The number of imidazole rings is 1. The van der Waals surface area contributed by atoms with Gasteiger partial charge in [0.1, 0.15) is 22.1 Å². The number of nitrogens with zero attached hydrogens (tertiary/aromatic N) is 2. The fraction of sp³-hybridized carbons (Fsp3) is 0.320. The molecule has 1 N–H and O–H groups in total. The van der Waals surface area contributed by atoms with Gasteiger partial charge in [0.15, 0.2) is 5.75 Å². The molecule has 176 valence electrons. The van der Waals surface area contributed by atoms with Crippen LogP contribution in [0.15, 0.2) is 48.4 Å². The third kappa shape index (κ3) is 3.24. The molecule has 9 heteroatoms. The molecule has 1 aliphatic carbocycles. The first-order valence-corrected chi connectivity index (χ1v) is 11.4. The molecule has 3 aromatic rings. The molecule has 2 unspecified atom stereocenters. The minimum absolute atomic E-state index is 0.125. The lowest BCUT2D eigenvalue weighted by molar-refractivity contribution is -0.129. The Morgan fingerprint density at radius 1 is 1.24 bits per heavy atom. The van der Waals surface area contributed by atoms with Gasteiger partial charge in [0, 0.05) is 36.8 Å². The van der Waals surface area contributed by atoms with Crippen LogP contribution in [0.3, 0.4) is 0 Å². The van der Waals surface area contributed by atoms with E-state index in [2.05, 4.69) is 14.9 Å². The quantitative estimate of drug-likeness (QED) is 0.535. The van der Waals surface area contributed by atoms with Gasteiger partial charge in [-0.2, -0.15) is 0 Å². The Balaban J connectivity index is 1.37. The number of rotatable bonds is 6. The second-order valence-corrected chi connectivity index (χ2v) is 8.84. The van der Waals surface area contributed by atoms with E-state index in [1.165, 1.54) is 26.4 Å². The molecule has 1 spiro atoms. The number of para-hydroxylation sites is 2. The number of methoxy groups -OCH3 is 2. The average Bonchev–Trinajstić information content (AvgIpc) is 3.38. The highest BCUT2D eigenvalue weighted by molar-refractivity contribution is 6.36. The van der Waals surface area contributed by atoms with E-state index in [-0.39, 0.29) is 22.1 Å². The lowest BCUT2D eigenvalue weighted by Gasteiger charge is -2.35. The number of hydrogen-bond donors (Lipinski definition) is 1. The van der Waals surface area contributed by atoms with E-state index in [0.717, 1.165) is 16.7 Å². The van der Waals surface area contributed by atoms with E-state index in [4.69, 9.17) is 25.8 Å². The molecule has 1 aliphatic heterocycles. The molecule has 2 aromatic carbocycles. The van der Waals surface area contributed by atoms with Crippen molar-refractivity contribution >= 4 is 34.2 Å². The van der Waals surface area contributed by atoms with Crippen molar-refractivity contribution < 1.29 is 23.8 Å². The van der Waals surface area contributed by atoms with Crippen LogP contribution in [0.2, 0.25) is 5.02 Å². The Bertz CT molecular complexity index is 1350. The highest BCUT2D eigenvalue weighted by Crippen LogP contribution is 2.52. The lowest BCUT2D eigenvalue weighted by Crippen LogP contribution is -2.55. The minimum Gasteiger partial charge on any atom is -0.496 e. The first kappa shape index (κ1) is 22.3. The molecule has 2 aliphatic rings. The summed E-state index contributed by atoms with van der Waals surface area (Å²) in [5.74, 6) is -0.587. The van der Waals surface area contributed by atoms with Crippen molar-refractivity contribution in [1.29, 1.82) is 0 Å². The minimum atomic E-state index is -1.67. The molecule has 0 amide bonds. The van der Waals surface area contributed by atoms with Crippen molar-refractivity contribution in [1.82, 2.24) is 14.9 Å². The maximum absolute atomic E-state index is 13.5. The standard InChI is InChI=1S/C25H24ClN3O5/c1-14-10-15(27-8-9-29-13-28-16-6-4-5-7-17(16)29)11-20(30)25(14)24(31)21-18(32-2)12-19(33-3)22(26)23(21)34-25/h4-7,11-14,27H,8-10H2,1-3H3. The Morgan fingerprint density at radius 3 is 2.74 bits per heavy atom. The number of benzene rings is 2. The van der Waals surface area contributed by atoms with Gasteiger partial charge < -0.3 is 24.1 Å². The maximum atomic E-state index is 13.5. The van der Waals surface area contributed by atoms with E-state index in [1.807, 2.05) is 31.2 Å². The first-order valence-electron chi connectivity index (χ1n) is 11.0. The zero-order chi connectivity index (χ0) is 24.0. The summed E-state index contributed by atoms with van der Waals surface area (Å²) in [6.07, 6.45) is 3.73. The maximum Gasteiger partial charge on any atom is 0.236 e. The normalized spacial score (nSPS) is 21.4. The summed E-state index contributed by atoms with van der Waals surface area (Å²) in [6, 6.07) is 9.45. The van der Waals surface area contributed by atoms with Gasteiger partial charge in [0.05, 0.1) is 31.6 Å². The summed E-state index contributed by atoms with van der Waals surface area (Å²) in [5, 5.41) is 3.48. The van der Waals surface area contributed by atoms with Crippen molar-refractivity contribution in [3.8, 4) is 17.2 Å². The number of allylic oxidation sites excluding steroid dienone is 1. The summed E-state index contributed by atoms with van der Waals surface area (Å²) in [7, 11) is 2.90. The van der Waals surface area contributed by atoms with E-state index in [1.54, 1.807) is 6.33 Å². The fourth-order valence-electron chi connectivity index (χ4n) is 4.78. The second kappa shape index (κ2) is 8.36. The fourth-order valence-corrected chi connectivity index (χ4v) is 5.04. The number of Topliss-reactive ketones (excluding diaryl/α,β-unsaturated/α-hetero) is 1. The van der Waals surface area contributed by atoms with Crippen LogP contribution in [0, 0.1) is 5.92 Å². The van der Waals surface area contributed by atoms with Crippen LogP contribution in [0.5, 0.6) is 17.2 Å². The zero-order valence-electron chi connectivity index (χ0n) is 19.1. The molecule has 0 saturated carbocycles. The number of aromatic nitrogens is 2. The molecule has 0 radical (unpaired) electrons. The number of carbonyl (C=O) groups excluding carboxylic acids is 2. The molecule has 0 saturated heterocycles. The highest BCUT2D eigenvalue weighted by Gasteiger charge is 2.60. The Hall–Kier alpha value is -3.52. The van der Waals surface area contributed by atoms with Crippen LogP contribution in [0.1, 0.15) is 23.7 Å². The van der Waals surface area contributed by atoms with E-state index < -0.39 is 23.1 Å². The third-order valence-electron chi connectivity index (χ3n) is 6.54. The first-order chi connectivity index (χ1) is 16.4. The Labute approximate surface area is 201 Å². The van der Waals surface area contributed by atoms with Crippen molar-refractivity contribution in [3.63, 3.8) is 0 Å². The summed E-state index contributed by atoms with van der Waals surface area (Å²) < 4.78 is 18.8. The lowest BCUT2D eigenvalue weighted by atomic mass is 9.74. The van der Waals surface area contributed by atoms with Gasteiger partial charge >= 0.3 is 0 Å². The van der Waals surface area contributed by atoms with Crippen LogP contribution in [-0.4, -0.2) is 47.5 Å². The summed E-state index contributed by atoms with van der Waals surface area (Å²) in [4.78, 5) is 31.3. The van der Waals surface area contributed by atoms with Gasteiger partial charge in [-0.1, -0.05) is 30.7 Å². The molecule has 5 rings (SSSR count). The average molecular weight is 482 g/mol. The van der Waals surface area contributed by atoms with Gasteiger partial charge in [-0.25, -0.2) is 4.98 Å². The number of ether oxygens (including phenoxy) is 3. The van der Waals surface area contributed by atoms with Crippen LogP contribution in [0.25, 0.3) is 11.0 Å². The SMILES string of the molecule is COc1cc(OC)c2c(c1Cl)OC1(C(=O)C=C(NCCn3cnc4ccccc43)CC1C)C2=O. The topological polar surface area (TPSA) is 91.7 Å². The Morgan fingerprint density at radius 2 is 2.00 bits per heavy atom. The predicted molar refractivity (Wildman–Crippen MR) is 127 cm³/mol. The molecule has 34 heavy (non-hydrogen) atoms. The number of fused-ring (bicyclic) bond motifs is 2. The van der Waals surface area contributed by atoms with Crippen LogP contribution < -0.4 is 19.5 Å². The molecule has 1 aromatic heterocycles. The third-order valence-corrected chi connectivity index (χ3v) is 6.90. The van der Waals surface area contributed by atoms with E-state index in [0.29, 0.717) is 25.3 Å². The van der Waals surface area contributed by atoms with Gasteiger partial charge in [-0.3, -0.25) is 9.59 Å². The van der Waals surface area contributed by atoms with E-state index in [9.17, 15) is 9.59 Å². The number of nitrogens with one attached hydrogen (secondary N) is 1. The van der Waals surface area contributed by atoms with Crippen LogP contribution >= 0.6 is 11.6 Å². The zero-order valence-corrected chi connectivity index (χ0v) is 19.8. The monoisotopic (exact) mass is 481 g/mol. The van der Waals surface area contributed by atoms with Crippen molar-refractivity contribution in [2.45, 2.75) is 25.5 Å². The Kier molecular flexibility index (Phi) is 5.48. The molecule has 2 heterocycles. The van der Waals surface area contributed by atoms with Gasteiger partial charge in [0.25, 0.3) is 0 Å². The molecule has 2 atom stereocenters. The molecule has 0 fully saturated rings. The molecular weight excluding hydrogens is 458 g/mol. The smallest absolute Gasteiger partial charge is 0.236 e. The summed E-state index contributed by atoms with van der Waals surface area (Å²) in [5.41, 5.74) is 1.25. The number of hydrogen-bond acceptors (Lipinski definition) is 7. The largest absolute Gasteiger partial charge is 0.496 e. The summed E-state index contributed by atoms with van der Waals surface area (Å²) in [6.45, 7) is 3.11. The van der Waals surface area contributed by atoms with Crippen LogP contribution in [-0.2, 0) is 11.3 Å². The molecule has 8 nitrogen and oxygen atoms in total. The van der Waals surface area contributed by atoms with Crippen LogP contribution in [0.4, 0.5) is 0 Å².